The van der Waals surface area contributed by atoms with Gasteiger partial charge in [-0.15, -0.1) is 0 Å². The minimum atomic E-state index is -0.452. The number of primary amides is 1. The Hall–Kier alpha value is -1.10. The Labute approximate surface area is 83.6 Å². The van der Waals surface area contributed by atoms with E-state index in [1.54, 1.807) is 5.48 Å². The number of amides is 2. The van der Waals surface area contributed by atoms with Crippen molar-refractivity contribution >= 4 is 11.8 Å². The zero-order chi connectivity index (χ0) is 11.4. The topological polar surface area (TPSA) is 92.4 Å². The van der Waals surface area contributed by atoms with Gasteiger partial charge in [0.1, 0.15) is 0 Å². The number of nitrogens with one attached hydrogen (secondary N) is 1. The van der Waals surface area contributed by atoms with E-state index >= 15 is 0 Å². The highest BCUT2D eigenvalue weighted by Gasteiger charge is 2.29. The minimum Gasteiger partial charge on any atom is -0.370 e. The van der Waals surface area contributed by atoms with Crippen molar-refractivity contribution in [1.82, 2.24) is 5.48 Å². The lowest BCUT2D eigenvalue weighted by molar-refractivity contribution is -0.132. The van der Waals surface area contributed by atoms with Crippen molar-refractivity contribution in [2.75, 3.05) is 0 Å². The van der Waals surface area contributed by atoms with Crippen molar-refractivity contribution in [3.8, 4) is 0 Å². The molecule has 0 aromatic carbocycles. The summed E-state index contributed by atoms with van der Waals surface area (Å²) in [4.78, 5) is 21.6. The van der Waals surface area contributed by atoms with Gasteiger partial charge in [-0.2, -0.15) is 0 Å². The number of carbonyl (C=O) groups is 2. The third kappa shape index (κ3) is 4.23. The largest absolute Gasteiger partial charge is 0.370 e. The zero-order valence-corrected chi connectivity index (χ0v) is 8.83. The van der Waals surface area contributed by atoms with Gasteiger partial charge in [-0.25, -0.2) is 5.48 Å². The summed E-state index contributed by atoms with van der Waals surface area (Å²) in [6, 6.07) is 0. The highest BCUT2D eigenvalue weighted by Crippen LogP contribution is 2.32. The van der Waals surface area contributed by atoms with Crippen molar-refractivity contribution < 1.29 is 14.8 Å². The van der Waals surface area contributed by atoms with Crippen LogP contribution in [-0.4, -0.2) is 17.0 Å². The molecular formula is C9H18N2O3. The molecule has 0 radical (unpaired) electrons. The number of nitrogens with two attached hydrogens (primary N) is 1. The quantitative estimate of drug-likeness (QED) is 0.445. The van der Waals surface area contributed by atoms with E-state index < -0.39 is 5.91 Å². The second kappa shape index (κ2) is 4.95. The van der Waals surface area contributed by atoms with Gasteiger partial charge in [0.15, 0.2) is 0 Å². The fourth-order valence-corrected chi connectivity index (χ4v) is 1.21. The number of hydrogen-bond acceptors (Lipinski definition) is 3. The first-order valence-corrected chi connectivity index (χ1v) is 4.51. The van der Waals surface area contributed by atoms with E-state index in [2.05, 4.69) is 0 Å². The molecule has 0 heterocycles. The fourth-order valence-electron chi connectivity index (χ4n) is 1.21. The maximum absolute atomic E-state index is 10.9. The third-order valence-electron chi connectivity index (χ3n) is 2.58. The molecule has 1 unspecified atom stereocenters. The van der Waals surface area contributed by atoms with Crippen LogP contribution in [0.4, 0.5) is 0 Å². The normalized spacial score (nSPS) is 13.4. The Kier molecular flexibility index (Phi) is 4.56. The number of carbonyl (C=O) groups excluding carboxylic acids is 2. The molecule has 2 amide bonds. The molecule has 0 aromatic rings. The molecule has 0 bridgehead atoms. The number of hydroxylamine groups is 1. The van der Waals surface area contributed by atoms with E-state index in [4.69, 9.17) is 10.9 Å². The number of rotatable bonds is 5. The molecule has 1 atom stereocenters. The monoisotopic (exact) mass is 202 g/mol. The van der Waals surface area contributed by atoms with Crippen LogP contribution < -0.4 is 11.2 Å². The van der Waals surface area contributed by atoms with Crippen molar-refractivity contribution in [3.63, 3.8) is 0 Å². The van der Waals surface area contributed by atoms with E-state index in [-0.39, 0.29) is 30.1 Å². The summed E-state index contributed by atoms with van der Waals surface area (Å²) < 4.78 is 0. The molecule has 0 saturated carbocycles. The number of hydrogen-bond donors (Lipinski definition) is 3. The molecule has 82 valence electrons. The molecule has 0 aliphatic heterocycles. The van der Waals surface area contributed by atoms with Gasteiger partial charge >= 0.3 is 0 Å². The van der Waals surface area contributed by atoms with Crippen LogP contribution in [0.5, 0.6) is 0 Å². The van der Waals surface area contributed by atoms with Crippen molar-refractivity contribution in [1.29, 1.82) is 0 Å². The Morgan fingerprint density at radius 1 is 1.50 bits per heavy atom. The maximum Gasteiger partial charge on any atom is 0.243 e. The lowest BCUT2D eigenvalue weighted by atomic mass is 9.75. The molecule has 5 nitrogen and oxygen atoms in total. The van der Waals surface area contributed by atoms with E-state index in [1.807, 2.05) is 20.8 Å². The summed E-state index contributed by atoms with van der Waals surface area (Å²) in [6.07, 6.45) is 0.406. The molecule has 0 rings (SSSR count). The van der Waals surface area contributed by atoms with Crippen LogP contribution in [0, 0.1) is 11.3 Å². The van der Waals surface area contributed by atoms with Gasteiger partial charge in [0.2, 0.25) is 11.8 Å². The van der Waals surface area contributed by atoms with Crippen molar-refractivity contribution in [2.45, 2.75) is 33.6 Å². The van der Waals surface area contributed by atoms with Gasteiger partial charge < -0.3 is 5.73 Å². The van der Waals surface area contributed by atoms with Gasteiger partial charge in [0, 0.05) is 12.8 Å². The van der Waals surface area contributed by atoms with Crippen LogP contribution in [0.2, 0.25) is 0 Å². The molecule has 0 fully saturated rings. The summed E-state index contributed by atoms with van der Waals surface area (Å²) >= 11 is 0. The maximum atomic E-state index is 10.9. The molecule has 0 aromatic heterocycles. The van der Waals surface area contributed by atoms with Crippen LogP contribution in [0.3, 0.4) is 0 Å². The highest BCUT2D eigenvalue weighted by molar-refractivity contribution is 5.76. The first-order valence-electron chi connectivity index (χ1n) is 4.51. The second-order valence-corrected chi connectivity index (χ2v) is 4.27. The summed E-state index contributed by atoms with van der Waals surface area (Å²) in [5.41, 5.74) is 6.28. The molecular weight excluding hydrogens is 184 g/mol. The van der Waals surface area contributed by atoms with Gasteiger partial charge in [0.25, 0.3) is 0 Å². The predicted molar refractivity (Wildman–Crippen MR) is 51.3 cm³/mol. The Morgan fingerprint density at radius 2 is 2.00 bits per heavy atom. The summed E-state index contributed by atoms with van der Waals surface area (Å²) in [5.74, 6) is -0.835. The van der Waals surface area contributed by atoms with Crippen LogP contribution in [-0.2, 0) is 9.59 Å². The average molecular weight is 202 g/mol. The Balaban J connectivity index is 4.29. The minimum absolute atomic E-state index is 0.00250. The molecule has 14 heavy (non-hydrogen) atoms. The van der Waals surface area contributed by atoms with Crippen molar-refractivity contribution in [2.24, 2.45) is 17.1 Å². The van der Waals surface area contributed by atoms with Gasteiger partial charge in [-0.3, -0.25) is 14.8 Å². The summed E-state index contributed by atoms with van der Waals surface area (Å²) in [5, 5.41) is 8.37. The van der Waals surface area contributed by atoms with Gasteiger partial charge in [-0.05, 0) is 11.3 Å². The van der Waals surface area contributed by atoms with Crippen LogP contribution in [0.25, 0.3) is 0 Å². The molecule has 0 saturated heterocycles. The SMILES string of the molecule is CC(CC(N)=O)C(C)(C)CC(=O)NO. The first kappa shape index (κ1) is 12.9. The van der Waals surface area contributed by atoms with Gasteiger partial charge in [0.05, 0.1) is 0 Å². The van der Waals surface area contributed by atoms with E-state index in [0.717, 1.165) is 0 Å². The van der Waals surface area contributed by atoms with E-state index in [9.17, 15) is 9.59 Å². The summed E-state index contributed by atoms with van der Waals surface area (Å²) in [6.45, 7) is 5.57. The molecule has 0 aliphatic rings. The van der Waals surface area contributed by atoms with Crippen LogP contribution in [0.1, 0.15) is 33.6 Å². The van der Waals surface area contributed by atoms with E-state index in [1.165, 1.54) is 0 Å². The second-order valence-electron chi connectivity index (χ2n) is 4.27. The average Bonchev–Trinajstić information content (AvgIpc) is 2.02. The molecule has 0 aliphatic carbocycles. The predicted octanol–water partition coefficient (Wildman–Crippen LogP) is 0.420. The van der Waals surface area contributed by atoms with Gasteiger partial charge in [-0.1, -0.05) is 20.8 Å². The summed E-state index contributed by atoms with van der Waals surface area (Å²) in [7, 11) is 0. The Morgan fingerprint density at radius 3 is 2.36 bits per heavy atom. The van der Waals surface area contributed by atoms with Crippen LogP contribution in [0.15, 0.2) is 0 Å². The molecule has 4 N–H and O–H groups in total. The highest BCUT2D eigenvalue weighted by atomic mass is 16.5. The Bertz CT molecular complexity index is 226. The first-order chi connectivity index (χ1) is 6.29. The smallest absolute Gasteiger partial charge is 0.243 e. The lowest BCUT2D eigenvalue weighted by Gasteiger charge is -2.30. The van der Waals surface area contributed by atoms with E-state index in [0.29, 0.717) is 0 Å². The van der Waals surface area contributed by atoms with Crippen molar-refractivity contribution in [3.05, 3.63) is 0 Å². The lowest BCUT2D eigenvalue weighted by Crippen LogP contribution is -2.32. The van der Waals surface area contributed by atoms with Crippen LogP contribution >= 0.6 is 0 Å². The molecule has 0 spiro atoms. The zero-order valence-electron chi connectivity index (χ0n) is 8.83. The third-order valence-corrected chi connectivity index (χ3v) is 2.58. The molecule has 5 heteroatoms. The fraction of sp³-hybridized carbons (Fsp3) is 0.778. The standard InChI is InChI=1S/C9H18N2O3/c1-6(4-7(10)12)9(2,3)5-8(13)11-14/h6,14H,4-5H2,1-3H3,(H2,10,12)(H,11,13).